The van der Waals surface area contributed by atoms with Crippen LogP contribution in [0.1, 0.15) is 5.56 Å². The van der Waals surface area contributed by atoms with Crippen LogP contribution in [0.5, 0.6) is 11.5 Å². The van der Waals surface area contributed by atoms with E-state index in [0.29, 0.717) is 6.07 Å². The highest BCUT2D eigenvalue weighted by atomic mass is 19.4. The Morgan fingerprint density at radius 3 is 2.50 bits per heavy atom. The van der Waals surface area contributed by atoms with E-state index in [1.54, 1.807) is 0 Å². The Balaban J connectivity index is 2.46. The van der Waals surface area contributed by atoms with Gasteiger partial charge < -0.3 is 16.2 Å². The average Bonchev–Trinajstić information content (AvgIpc) is 2.36. The van der Waals surface area contributed by atoms with Crippen LogP contribution in [-0.4, -0.2) is 9.91 Å². The summed E-state index contributed by atoms with van der Waals surface area (Å²) in [6, 6.07) is 3.62. The fourth-order valence-corrected chi connectivity index (χ4v) is 1.69. The largest absolute Gasteiger partial charge is 0.450 e. The number of aromatic nitrogens is 1. The maximum atomic E-state index is 12.7. The number of pyridine rings is 1. The first-order chi connectivity index (χ1) is 10.2. The minimum absolute atomic E-state index is 0.200. The molecule has 0 aliphatic heterocycles. The first-order valence-electron chi connectivity index (χ1n) is 5.73. The second kappa shape index (κ2) is 5.39. The number of hydrogen-bond acceptors (Lipinski definition) is 6. The van der Waals surface area contributed by atoms with Gasteiger partial charge in [-0.3, -0.25) is 10.1 Å². The summed E-state index contributed by atoms with van der Waals surface area (Å²) >= 11 is 0. The fraction of sp³-hybridized carbons (Fsp3) is 0.0833. The molecule has 4 N–H and O–H groups in total. The quantitative estimate of drug-likeness (QED) is 0.511. The van der Waals surface area contributed by atoms with Gasteiger partial charge in [-0.1, -0.05) is 0 Å². The van der Waals surface area contributed by atoms with Gasteiger partial charge in [-0.25, -0.2) is 4.98 Å². The van der Waals surface area contributed by atoms with Gasteiger partial charge in [0.15, 0.2) is 0 Å². The molecule has 7 nitrogen and oxygen atoms in total. The summed E-state index contributed by atoms with van der Waals surface area (Å²) in [5.41, 5.74) is 8.88. The lowest BCUT2D eigenvalue weighted by atomic mass is 10.2. The van der Waals surface area contributed by atoms with E-state index in [9.17, 15) is 23.3 Å². The third kappa shape index (κ3) is 3.16. The van der Waals surface area contributed by atoms with E-state index >= 15 is 0 Å². The zero-order valence-corrected chi connectivity index (χ0v) is 10.8. The molecule has 0 fully saturated rings. The minimum atomic E-state index is -4.63. The topological polar surface area (TPSA) is 117 Å². The van der Waals surface area contributed by atoms with Crippen molar-refractivity contribution in [3.05, 3.63) is 46.1 Å². The third-order valence-corrected chi connectivity index (χ3v) is 2.58. The summed E-state index contributed by atoms with van der Waals surface area (Å²) in [4.78, 5) is 13.6. The first kappa shape index (κ1) is 15.4. The van der Waals surface area contributed by atoms with Crippen LogP contribution in [0.3, 0.4) is 0 Å². The van der Waals surface area contributed by atoms with Crippen molar-refractivity contribution in [3.8, 4) is 11.5 Å². The second-order valence-electron chi connectivity index (χ2n) is 4.19. The number of benzene rings is 1. The molecule has 0 aliphatic carbocycles. The zero-order valence-electron chi connectivity index (χ0n) is 10.8. The Morgan fingerprint density at radius 1 is 1.23 bits per heavy atom. The van der Waals surface area contributed by atoms with Gasteiger partial charge in [-0.05, 0) is 12.1 Å². The Bertz CT molecular complexity index is 734. The number of hydrogen-bond donors (Lipinski definition) is 2. The second-order valence-corrected chi connectivity index (χ2v) is 4.19. The number of anilines is 2. The predicted molar refractivity (Wildman–Crippen MR) is 71.2 cm³/mol. The minimum Gasteiger partial charge on any atom is -0.450 e. The number of nitrogens with zero attached hydrogens (tertiary/aromatic N) is 2. The van der Waals surface area contributed by atoms with Crippen LogP contribution in [0.25, 0.3) is 0 Å². The molecular formula is C12H9F3N4O3. The molecule has 0 spiro atoms. The van der Waals surface area contributed by atoms with Crippen LogP contribution in [0.2, 0.25) is 0 Å². The molecule has 2 aromatic rings. The Hall–Kier alpha value is -3.04. The highest BCUT2D eigenvalue weighted by Gasteiger charge is 2.31. The number of nitrogens with two attached hydrogens (primary N) is 2. The summed E-state index contributed by atoms with van der Waals surface area (Å²) < 4.78 is 43.3. The molecule has 1 heterocycles. The lowest BCUT2D eigenvalue weighted by Gasteiger charge is -2.11. The normalized spacial score (nSPS) is 11.2. The van der Waals surface area contributed by atoms with Crippen LogP contribution in [-0.2, 0) is 6.18 Å². The van der Waals surface area contributed by atoms with Gasteiger partial charge in [0.25, 0.3) is 0 Å². The van der Waals surface area contributed by atoms with Crippen LogP contribution in [0.15, 0.2) is 30.5 Å². The SMILES string of the molecule is Nc1cc(Oc2ccnc(N)c2[N+](=O)[O-])cc(C(F)(F)F)c1. The van der Waals surface area contributed by atoms with Crippen LogP contribution >= 0.6 is 0 Å². The van der Waals surface area contributed by atoms with E-state index in [2.05, 4.69) is 4.98 Å². The van der Waals surface area contributed by atoms with E-state index < -0.39 is 28.2 Å². The molecule has 10 heteroatoms. The summed E-state index contributed by atoms with van der Waals surface area (Å²) in [7, 11) is 0. The summed E-state index contributed by atoms with van der Waals surface area (Å²) in [6.07, 6.45) is -3.49. The van der Waals surface area contributed by atoms with E-state index in [1.165, 1.54) is 0 Å². The van der Waals surface area contributed by atoms with Gasteiger partial charge in [0.2, 0.25) is 11.6 Å². The molecule has 0 bridgehead atoms. The number of ether oxygens (including phenoxy) is 1. The number of nitrogen functional groups attached to an aromatic ring is 2. The fourth-order valence-electron chi connectivity index (χ4n) is 1.69. The molecule has 1 aromatic carbocycles. The number of nitro groups is 1. The standard InChI is InChI=1S/C12H9F3N4O3/c13-12(14,15)6-3-7(16)5-8(4-6)22-9-1-2-18-11(17)10(9)19(20)21/h1-5H,16H2,(H2,17,18). The van der Waals surface area contributed by atoms with Gasteiger partial charge in [-0.2, -0.15) is 13.2 Å². The van der Waals surface area contributed by atoms with Gasteiger partial charge in [-0.15, -0.1) is 0 Å². The highest BCUT2D eigenvalue weighted by Crippen LogP contribution is 2.38. The number of alkyl halides is 3. The van der Waals surface area contributed by atoms with Crippen molar-refractivity contribution in [2.45, 2.75) is 6.18 Å². The lowest BCUT2D eigenvalue weighted by Crippen LogP contribution is -2.06. The maximum absolute atomic E-state index is 12.7. The molecule has 0 atom stereocenters. The molecule has 0 saturated heterocycles. The van der Waals surface area contributed by atoms with Crippen molar-refractivity contribution in [3.63, 3.8) is 0 Å². The smallest absolute Gasteiger partial charge is 0.416 e. The van der Waals surface area contributed by atoms with E-state index in [4.69, 9.17) is 16.2 Å². The molecule has 0 aliphatic rings. The lowest BCUT2D eigenvalue weighted by molar-refractivity contribution is -0.384. The molecule has 1 aromatic heterocycles. The molecule has 0 radical (unpaired) electrons. The van der Waals surface area contributed by atoms with E-state index in [-0.39, 0.29) is 17.2 Å². The molecule has 0 unspecified atom stereocenters. The van der Waals surface area contributed by atoms with Crippen molar-refractivity contribution in [2.75, 3.05) is 11.5 Å². The highest BCUT2D eigenvalue weighted by molar-refractivity contribution is 5.62. The molecule has 0 amide bonds. The Kier molecular flexibility index (Phi) is 3.76. The third-order valence-electron chi connectivity index (χ3n) is 2.58. The van der Waals surface area contributed by atoms with Crippen molar-refractivity contribution >= 4 is 17.2 Å². The molecule has 0 saturated carbocycles. The Morgan fingerprint density at radius 2 is 1.91 bits per heavy atom. The molecule has 22 heavy (non-hydrogen) atoms. The monoisotopic (exact) mass is 314 g/mol. The van der Waals surface area contributed by atoms with Crippen molar-refractivity contribution in [1.29, 1.82) is 0 Å². The van der Waals surface area contributed by atoms with Gasteiger partial charge in [0.1, 0.15) is 5.75 Å². The van der Waals surface area contributed by atoms with Crippen molar-refractivity contribution in [1.82, 2.24) is 4.98 Å². The average molecular weight is 314 g/mol. The van der Waals surface area contributed by atoms with E-state index in [1.807, 2.05) is 0 Å². The van der Waals surface area contributed by atoms with Gasteiger partial charge in [0, 0.05) is 24.0 Å². The van der Waals surface area contributed by atoms with Gasteiger partial charge in [0.05, 0.1) is 10.5 Å². The number of rotatable bonds is 3. The molecule has 2 rings (SSSR count). The predicted octanol–water partition coefficient (Wildman–Crippen LogP) is 2.97. The van der Waals surface area contributed by atoms with E-state index in [0.717, 1.165) is 24.4 Å². The molecular weight excluding hydrogens is 305 g/mol. The van der Waals surface area contributed by atoms with Crippen LogP contribution in [0.4, 0.5) is 30.4 Å². The van der Waals surface area contributed by atoms with Crippen molar-refractivity contribution in [2.24, 2.45) is 0 Å². The summed E-state index contributed by atoms with van der Waals surface area (Å²) in [6.45, 7) is 0. The van der Waals surface area contributed by atoms with Crippen LogP contribution < -0.4 is 16.2 Å². The van der Waals surface area contributed by atoms with Crippen molar-refractivity contribution < 1.29 is 22.8 Å². The molecule has 116 valence electrons. The maximum Gasteiger partial charge on any atom is 0.416 e. The summed E-state index contributed by atoms with van der Waals surface area (Å²) in [5.74, 6) is -1.06. The number of halogens is 3. The zero-order chi connectivity index (χ0) is 16.5. The van der Waals surface area contributed by atoms with Crippen LogP contribution in [0, 0.1) is 10.1 Å². The summed E-state index contributed by atoms with van der Waals surface area (Å²) in [5, 5.41) is 10.9. The Labute approximate surface area is 121 Å². The van der Waals surface area contributed by atoms with Gasteiger partial charge >= 0.3 is 11.9 Å². The first-order valence-corrected chi connectivity index (χ1v) is 5.73.